The number of benzene rings is 1. The van der Waals surface area contributed by atoms with Crippen molar-refractivity contribution in [3.63, 3.8) is 0 Å². The first-order valence-corrected chi connectivity index (χ1v) is 8.00. The molecular formula is C14H18BrNOS. The minimum Gasteiger partial charge on any atom is -0.350 e. The highest BCUT2D eigenvalue weighted by Crippen LogP contribution is 2.39. The summed E-state index contributed by atoms with van der Waals surface area (Å²) in [6, 6.07) is 8.18. The number of rotatable bonds is 3. The fourth-order valence-electron chi connectivity index (χ4n) is 1.88. The van der Waals surface area contributed by atoms with Gasteiger partial charge < -0.3 is 5.32 Å². The van der Waals surface area contributed by atoms with Crippen molar-refractivity contribution in [1.29, 1.82) is 0 Å². The SMILES string of the molecule is CC(Br)C(C)(C)NC(=O)C1CSc2ccccc21. The van der Waals surface area contributed by atoms with Gasteiger partial charge in [-0.05, 0) is 25.5 Å². The topological polar surface area (TPSA) is 29.1 Å². The standard InChI is InChI=1S/C14H18BrNOS/c1-9(15)14(2,3)16-13(17)11-8-18-12-7-5-4-6-10(11)12/h4-7,9,11H,8H2,1-3H3,(H,16,17). The Hall–Kier alpha value is -0.480. The van der Waals surface area contributed by atoms with Gasteiger partial charge in [-0.3, -0.25) is 4.79 Å². The third-order valence-electron chi connectivity index (χ3n) is 3.46. The van der Waals surface area contributed by atoms with Crippen molar-refractivity contribution >= 4 is 33.6 Å². The predicted molar refractivity (Wildman–Crippen MR) is 80.5 cm³/mol. The van der Waals surface area contributed by atoms with Crippen molar-refractivity contribution < 1.29 is 4.79 Å². The molecule has 1 amide bonds. The van der Waals surface area contributed by atoms with Gasteiger partial charge in [0.25, 0.3) is 0 Å². The predicted octanol–water partition coefficient (Wildman–Crippen LogP) is 3.55. The first-order chi connectivity index (χ1) is 8.42. The molecule has 1 aromatic rings. The second kappa shape index (κ2) is 5.25. The van der Waals surface area contributed by atoms with E-state index in [0.29, 0.717) is 0 Å². The van der Waals surface area contributed by atoms with Crippen LogP contribution in [0, 0.1) is 0 Å². The molecule has 2 atom stereocenters. The van der Waals surface area contributed by atoms with E-state index >= 15 is 0 Å². The van der Waals surface area contributed by atoms with Crippen LogP contribution in [0.2, 0.25) is 0 Å². The lowest BCUT2D eigenvalue weighted by Gasteiger charge is -2.30. The summed E-state index contributed by atoms with van der Waals surface area (Å²) in [6.45, 7) is 6.13. The quantitative estimate of drug-likeness (QED) is 0.860. The van der Waals surface area contributed by atoms with Gasteiger partial charge in [-0.2, -0.15) is 0 Å². The number of nitrogens with one attached hydrogen (secondary N) is 1. The maximum absolute atomic E-state index is 12.4. The number of hydrogen-bond donors (Lipinski definition) is 1. The third kappa shape index (κ3) is 2.75. The molecule has 0 spiro atoms. The van der Waals surface area contributed by atoms with Crippen LogP contribution in [0.15, 0.2) is 29.2 Å². The van der Waals surface area contributed by atoms with Crippen molar-refractivity contribution in [3.05, 3.63) is 29.8 Å². The fraction of sp³-hybridized carbons (Fsp3) is 0.500. The highest BCUT2D eigenvalue weighted by atomic mass is 79.9. The zero-order valence-corrected chi connectivity index (χ0v) is 13.3. The molecule has 2 unspecified atom stereocenters. The summed E-state index contributed by atoms with van der Waals surface area (Å²) in [5.74, 6) is 0.957. The Labute approximate surface area is 121 Å². The van der Waals surface area contributed by atoms with Crippen LogP contribution in [0.5, 0.6) is 0 Å². The van der Waals surface area contributed by atoms with Crippen molar-refractivity contribution in [2.75, 3.05) is 5.75 Å². The maximum Gasteiger partial charge on any atom is 0.228 e. The van der Waals surface area contributed by atoms with Crippen molar-refractivity contribution in [3.8, 4) is 0 Å². The highest BCUT2D eigenvalue weighted by molar-refractivity contribution is 9.09. The first kappa shape index (κ1) is 13.9. The van der Waals surface area contributed by atoms with Crippen LogP contribution >= 0.6 is 27.7 Å². The molecule has 0 aromatic heterocycles. The lowest BCUT2D eigenvalue weighted by Crippen LogP contribution is -2.50. The maximum atomic E-state index is 12.4. The van der Waals surface area contributed by atoms with Crippen LogP contribution < -0.4 is 5.32 Å². The van der Waals surface area contributed by atoms with Gasteiger partial charge in [-0.15, -0.1) is 11.8 Å². The molecule has 1 N–H and O–H groups in total. The summed E-state index contributed by atoms with van der Waals surface area (Å²) in [6.07, 6.45) is 0. The number of thioether (sulfide) groups is 1. The lowest BCUT2D eigenvalue weighted by atomic mass is 9.96. The van der Waals surface area contributed by atoms with Crippen LogP contribution in [0.4, 0.5) is 0 Å². The zero-order valence-electron chi connectivity index (χ0n) is 10.9. The van der Waals surface area contributed by atoms with E-state index in [9.17, 15) is 4.79 Å². The Balaban J connectivity index is 2.13. The number of halogens is 1. The first-order valence-electron chi connectivity index (χ1n) is 6.09. The average molecular weight is 328 g/mol. The average Bonchev–Trinajstić information content (AvgIpc) is 2.71. The van der Waals surface area contributed by atoms with Crippen LogP contribution in [-0.2, 0) is 4.79 Å². The van der Waals surface area contributed by atoms with Gasteiger partial charge in [0.1, 0.15) is 0 Å². The van der Waals surface area contributed by atoms with Crippen LogP contribution in [0.25, 0.3) is 0 Å². The molecule has 1 aliphatic rings. The van der Waals surface area contributed by atoms with Gasteiger partial charge in [-0.25, -0.2) is 0 Å². The molecule has 4 heteroatoms. The van der Waals surface area contributed by atoms with Gasteiger partial charge in [0.15, 0.2) is 0 Å². The molecule has 0 fully saturated rings. The van der Waals surface area contributed by atoms with Gasteiger partial charge in [0.2, 0.25) is 5.91 Å². The molecule has 0 saturated heterocycles. The number of alkyl halides is 1. The Morgan fingerprint density at radius 1 is 1.50 bits per heavy atom. The van der Waals surface area contributed by atoms with E-state index in [2.05, 4.69) is 40.3 Å². The molecule has 2 rings (SSSR count). The van der Waals surface area contributed by atoms with Crippen LogP contribution in [-0.4, -0.2) is 22.0 Å². The molecule has 0 bridgehead atoms. The molecular weight excluding hydrogens is 310 g/mol. The van der Waals surface area contributed by atoms with E-state index in [4.69, 9.17) is 0 Å². The summed E-state index contributed by atoms with van der Waals surface area (Å²) >= 11 is 5.31. The molecule has 18 heavy (non-hydrogen) atoms. The van der Waals surface area contributed by atoms with Gasteiger partial charge in [0.05, 0.1) is 5.92 Å². The number of fused-ring (bicyclic) bond motifs is 1. The van der Waals surface area contributed by atoms with E-state index < -0.39 is 0 Å². The minimum atomic E-state index is -0.237. The fourth-order valence-corrected chi connectivity index (χ4v) is 3.23. The summed E-state index contributed by atoms with van der Waals surface area (Å²) in [7, 11) is 0. The molecule has 1 aliphatic heterocycles. The minimum absolute atomic E-state index is 0.0169. The summed E-state index contributed by atoms with van der Waals surface area (Å²) in [4.78, 5) is 13.9. The van der Waals surface area contributed by atoms with E-state index in [1.54, 1.807) is 11.8 Å². The number of amides is 1. The summed E-state index contributed by atoms with van der Waals surface area (Å²) in [5.41, 5.74) is 0.928. The summed E-state index contributed by atoms with van der Waals surface area (Å²) in [5, 5.41) is 3.14. The van der Waals surface area contributed by atoms with Gasteiger partial charge >= 0.3 is 0 Å². The smallest absolute Gasteiger partial charge is 0.228 e. The van der Waals surface area contributed by atoms with E-state index in [0.717, 1.165) is 11.3 Å². The van der Waals surface area contributed by atoms with E-state index in [1.165, 1.54) is 4.90 Å². The Morgan fingerprint density at radius 2 is 2.17 bits per heavy atom. The summed E-state index contributed by atoms with van der Waals surface area (Å²) < 4.78 is 0. The van der Waals surface area contributed by atoms with Crippen LogP contribution in [0.1, 0.15) is 32.3 Å². The molecule has 0 radical (unpaired) electrons. The number of carbonyl (C=O) groups excluding carboxylic acids is 1. The Bertz CT molecular complexity index is 459. The van der Waals surface area contributed by atoms with Crippen molar-refractivity contribution in [2.45, 2.75) is 42.0 Å². The molecule has 2 nitrogen and oxygen atoms in total. The monoisotopic (exact) mass is 327 g/mol. The van der Waals surface area contributed by atoms with Crippen molar-refractivity contribution in [2.24, 2.45) is 0 Å². The second-order valence-electron chi connectivity index (χ2n) is 5.23. The molecule has 1 heterocycles. The second-order valence-corrected chi connectivity index (χ2v) is 7.66. The third-order valence-corrected chi connectivity index (χ3v) is 5.78. The Morgan fingerprint density at radius 3 is 2.83 bits per heavy atom. The van der Waals surface area contributed by atoms with E-state index in [1.807, 2.05) is 26.0 Å². The van der Waals surface area contributed by atoms with Gasteiger partial charge in [0, 0.05) is 21.0 Å². The molecule has 98 valence electrons. The molecule has 1 aromatic carbocycles. The van der Waals surface area contributed by atoms with Crippen LogP contribution in [0.3, 0.4) is 0 Å². The van der Waals surface area contributed by atoms with Crippen molar-refractivity contribution in [1.82, 2.24) is 5.32 Å². The van der Waals surface area contributed by atoms with Gasteiger partial charge in [-0.1, -0.05) is 41.1 Å². The number of carbonyl (C=O) groups is 1. The Kier molecular flexibility index (Phi) is 4.07. The normalized spacial score (nSPS) is 20.3. The largest absolute Gasteiger partial charge is 0.350 e. The zero-order chi connectivity index (χ0) is 13.3. The van der Waals surface area contributed by atoms with E-state index in [-0.39, 0.29) is 22.2 Å². The highest BCUT2D eigenvalue weighted by Gasteiger charge is 2.33. The molecule has 0 saturated carbocycles. The lowest BCUT2D eigenvalue weighted by molar-refractivity contribution is -0.123. The molecule has 0 aliphatic carbocycles. The number of hydrogen-bond acceptors (Lipinski definition) is 2.